The van der Waals surface area contributed by atoms with Crippen LogP contribution in [0.3, 0.4) is 0 Å². The summed E-state index contributed by atoms with van der Waals surface area (Å²) in [7, 11) is 0. The molecule has 0 aliphatic heterocycles. The Bertz CT molecular complexity index is 580. The summed E-state index contributed by atoms with van der Waals surface area (Å²) in [6, 6.07) is 9.73. The molecule has 0 saturated heterocycles. The third kappa shape index (κ3) is 5.36. The van der Waals surface area contributed by atoms with Crippen molar-refractivity contribution in [2.75, 3.05) is 6.54 Å². The molecule has 0 radical (unpaired) electrons. The Morgan fingerprint density at radius 1 is 1.24 bits per heavy atom. The number of hydrogen-bond acceptors (Lipinski definition) is 2. The van der Waals surface area contributed by atoms with Crippen molar-refractivity contribution in [2.45, 2.75) is 26.4 Å². The second kappa shape index (κ2) is 8.00. The van der Waals surface area contributed by atoms with Crippen molar-refractivity contribution < 1.29 is 0 Å². The number of nitrogens with one attached hydrogen (secondary N) is 2. The van der Waals surface area contributed by atoms with Gasteiger partial charge >= 0.3 is 0 Å². The van der Waals surface area contributed by atoms with E-state index in [4.69, 9.17) is 23.8 Å². The lowest BCUT2D eigenvalue weighted by molar-refractivity contribution is 0.559. The largest absolute Gasteiger partial charge is 0.363 e. The van der Waals surface area contributed by atoms with E-state index in [-0.39, 0.29) is 0 Å². The molecular formula is C15H19ClN4S. The highest BCUT2D eigenvalue weighted by atomic mass is 35.5. The molecule has 21 heavy (non-hydrogen) atoms. The summed E-state index contributed by atoms with van der Waals surface area (Å²) in [5, 5.41) is 12.0. The van der Waals surface area contributed by atoms with Crippen molar-refractivity contribution in [3.05, 3.63) is 52.8 Å². The zero-order chi connectivity index (χ0) is 15.1. The average Bonchev–Trinajstić information content (AvgIpc) is 2.88. The highest BCUT2D eigenvalue weighted by Gasteiger charge is 1.99. The van der Waals surface area contributed by atoms with E-state index in [9.17, 15) is 0 Å². The lowest BCUT2D eigenvalue weighted by Gasteiger charge is -2.11. The highest BCUT2D eigenvalue weighted by Crippen LogP contribution is 2.08. The minimum atomic E-state index is 0.669. The van der Waals surface area contributed by atoms with Crippen molar-refractivity contribution in [1.29, 1.82) is 0 Å². The van der Waals surface area contributed by atoms with Crippen molar-refractivity contribution in [2.24, 2.45) is 0 Å². The van der Waals surface area contributed by atoms with Crippen LogP contribution in [-0.2, 0) is 13.1 Å². The smallest absolute Gasteiger partial charge is 0.166 e. The molecule has 2 N–H and O–H groups in total. The molecule has 0 spiro atoms. The molecule has 0 aliphatic rings. The topological polar surface area (TPSA) is 41.9 Å². The van der Waals surface area contributed by atoms with E-state index in [1.54, 1.807) is 0 Å². The molecule has 1 heterocycles. The van der Waals surface area contributed by atoms with Crippen LogP contribution in [0.1, 0.15) is 17.7 Å². The van der Waals surface area contributed by atoms with Crippen LogP contribution in [-0.4, -0.2) is 21.4 Å². The van der Waals surface area contributed by atoms with Crippen LogP contribution in [0.4, 0.5) is 0 Å². The molecule has 0 aliphatic carbocycles. The second-order valence-corrected chi connectivity index (χ2v) is 5.63. The summed E-state index contributed by atoms with van der Waals surface area (Å²) in [6.07, 6.45) is 2.80. The maximum absolute atomic E-state index is 5.85. The summed E-state index contributed by atoms with van der Waals surface area (Å²) in [5.41, 5.74) is 2.33. The maximum atomic E-state index is 5.85. The predicted molar refractivity (Wildman–Crippen MR) is 90.5 cm³/mol. The van der Waals surface area contributed by atoms with Crippen molar-refractivity contribution >= 4 is 28.9 Å². The van der Waals surface area contributed by atoms with Crippen molar-refractivity contribution in [3.63, 3.8) is 0 Å². The summed E-state index contributed by atoms with van der Waals surface area (Å²) in [6.45, 7) is 4.47. The molecule has 0 unspecified atom stereocenters. The van der Waals surface area contributed by atoms with Crippen LogP contribution in [0.25, 0.3) is 0 Å². The third-order valence-electron chi connectivity index (χ3n) is 3.13. The average molecular weight is 323 g/mol. The van der Waals surface area contributed by atoms with Crippen LogP contribution >= 0.6 is 23.8 Å². The fourth-order valence-electron chi connectivity index (χ4n) is 1.91. The van der Waals surface area contributed by atoms with Gasteiger partial charge in [0, 0.05) is 36.5 Å². The van der Waals surface area contributed by atoms with E-state index in [1.165, 1.54) is 5.69 Å². The van der Waals surface area contributed by atoms with Gasteiger partial charge < -0.3 is 10.6 Å². The van der Waals surface area contributed by atoms with Crippen LogP contribution in [0.15, 0.2) is 36.5 Å². The Kier molecular flexibility index (Phi) is 6.02. The third-order valence-corrected chi connectivity index (χ3v) is 3.67. The number of thiocarbonyl (C=S) groups is 1. The SMILES string of the molecule is Cc1ccnn1CCCNC(=S)NCc1ccc(Cl)cc1. The zero-order valence-electron chi connectivity index (χ0n) is 12.0. The predicted octanol–water partition coefficient (Wildman–Crippen LogP) is 2.90. The highest BCUT2D eigenvalue weighted by molar-refractivity contribution is 7.80. The van der Waals surface area contributed by atoms with Crippen LogP contribution in [0.2, 0.25) is 5.02 Å². The zero-order valence-corrected chi connectivity index (χ0v) is 13.5. The molecule has 112 valence electrons. The van der Waals surface area contributed by atoms with E-state index in [2.05, 4.69) is 22.7 Å². The monoisotopic (exact) mass is 322 g/mol. The Balaban J connectivity index is 1.61. The van der Waals surface area contributed by atoms with E-state index >= 15 is 0 Å². The number of benzene rings is 1. The van der Waals surface area contributed by atoms with Gasteiger partial charge in [-0.05, 0) is 49.3 Å². The van der Waals surface area contributed by atoms with E-state index in [0.717, 1.165) is 30.1 Å². The first-order chi connectivity index (χ1) is 10.1. The minimum absolute atomic E-state index is 0.669. The van der Waals surface area contributed by atoms with Gasteiger partial charge in [-0.15, -0.1) is 0 Å². The van der Waals surface area contributed by atoms with Gasteiger partial charge in [-0.2, -0.15) is 5.10 Å². The standard InChI is InChI=1S/C15H19ClN4S/c1-12-7-9-19-20(12)10-2-8-17-15(21)18-11-13-3-5-14(16)6-4-13/h3-7,9H,2,8,10-11H2,1H3,(H2,17,18,21). The van der Waals surface area contributed by atoms with E-state index < -0.39 is 0 Å². The number of rotatable bonds is 6. The van der Waals surface area contributed by atoms with Gasteiger partial charge in [-0.1, -0.05) is 23.7 Å². The van der Waals surface area contributed by atoms with Gasteiger partial charge in [-0.25, -0.2) is 0 Å². The Morgan fingerprint density at radius 2 is 2.00 bits per heavy atom. The first kappa shape index (κ1) is 15.8. The molecule has 1 aromatic carbocycles. The Labute approximate surface area is 135 Å². The van der Waals surface area contributed by atoms with E-state index in [1.807, 2.05) is 41.2 Å². The van der Waals surface area contributed by atoms with Crippen LogP contribution < -0.4 is 10.6 Å². The molecular weight excluding hydrogens is 304 g/mol. The maximum Gasteiger partial charge on any atom is 0.166 e. The van der Waals surface area contributed by atoms with E-state index in [0.29, 0.717) is 11.7 Å². The van der Waals surface area contributed by atoms with Gasteiger partial charge in [0.1, 0.15) is 0 Å². The number of aryl methyl sites for hydroxylation is 2. The molecule has 2 aromatic rings. The summed E-state index contributed by atoms with van der Waals surface area (Å²) in [5.74, 6) is 0. The second-order valence-electron chi connectivity index (χ2n) is 4.79. The first-order valence-corrected chi connectivity index (χ1v) is 7.68. The number of aromatic nitrogens is 2. The number of nitrogens with zero attached hydrogens (tertiary/aromatic N) is 2. The molecule has 0 amide bonds. The van der Waals surface area contributed by atoms with Crippen molar-refractivity contribution in [3.8, 4) is 0 Å². The van der Waals surface area contributed by atoms with Gasteiger partial charge in [0.05, 0.1) is 0 Å². The molecule has 0 saturated carbocycles. The quantitative estimate of drug-likeness (QED) is 0.634. The fraction of sp³-hybridized carbons (Fsp3) is 0.333. The molecule has 4 nitrogen and oxygen atoms in total. The Hall–Kier alpha value is -1.59. The first-order valence-electron chi connectivity index (χ1n) is 6.90. The van der Waals surface area contributed by atoms with Gasteiger partial charge in [0.2, 0.25) is 0 Å². The molecule has 6 heteroatoms. The molecule has 0 bridgehead atoms. The lowest BCUT2D eigenvalue weighted by Crippen LogP contribution is -2.35. The Morgan fingerprint density at radius 3 is 2.67 bits per heavy atom. The lowest BCUT2D eigenvalue weighted by atomic mass is 10.2. The molecule has 0 atom stereocenters. The summed E-state index contributed by atoms with van der Waals surface area (Å²) in [4.78, 5) is 0. The fourth-order valence-corrected chi connectivity index (χ4v) is 2.21. The summed E-state index contributed by atoms with van der Waals surface area (Å²) >= 11 is 11.1. The van der Waals surface area contributed by atoms with Gasteiger partial charge in [0.15, 0.2) is 5.11 Å². The molecule has 1 aromatic heterocycles. The number of hydrogen-bond donors (Lipinski definition) is 2. The number of halogens is 1. The molecule has 2 rings (SSSR count). The minimum Gasteiger partial charge on any atom is -0.363 e. The summed E-state index contributed by atoms with van der Waals surface area (Å²) < 4.78 is 1.99. The van der Waals surface area contributed by atoms with Crippen LogP contribution in [0, 0.1) is 6.92 Å². The van der Waals surface area contributed by atoms with Crippen LogP contribution in [0.5, 0.6) is 0 Å². The molecule has 0 fully saturated rings. The van der Waals surface area contributed by atoms with Gasteiger partial charge in [-0.3, -0.25) is 4.68 Å². The normalized spacial score (nSPS) is 10.4. The van der Waals surface area contributed by atoms with Crippen molar-refractivity contribution in [1.82, 2.24) is 20.4 Å². The van der Waals surface area contributed by atoms with Gasteiger partial charge in [0.25, 0.3) is 0 Å².